The molecule has 1 unspecified atom stereocenters. The van der Waals surface area contributed by atoms with Crippen LogP contribution < -0.4 is 9.47 Å². The predicted molar refractivity (Wildman–Crippen MR) is 111 cm³/mol. The van der Waals surface area contributed by atoms with Crippen LogP contribution in [0.4, 0.5) is 9.18 Å². The highest BCUT2D eigenvalue weighted by atomic mass is 32.2. The van der Waals surface area contributed by atoms with E-state index >= 15 is 0 Å². The summed E-state index contributed by atoms with van der Waals surface area (Å²) in [6, 6.07) is 11.1. The second-order valence-electron chi connectivity index (χ2n) is 6.64. The number of hydrogen-bond donors (Lipinski definition) is 0. The minimum atomic E-state index is -0.372. The summed E-state index contributed by atoms with van der Waals surface area (Å²) in [6.07, 6.45) is 2.58. The fraction of sp³-hybridized carbons (Fsp3) is 0.273. The van der Waals surface area contributed by atoms with E-state index in [-0.39, 0.29) is 29.6 Å². The molecule has 0 spiro atoms. The van der Waals surface area contributed by atoms with Gasteiger partial charge in [-0.2, -0.15) is 0 Å². The van der Waals surface area contributed by atoms with Crippen molar-refractivity contribution in [1.29, 1.82) is 0 Å². The number of rotatable bonds is 7. The Morgan fingerprint density at radius 1 is 1.14 bits per heavy atom. The molecule has 0 N–H and O–H groups in total. The number of carbonyl (C=O) groups excluding carboxylic acids is 2. The number of thioether (sulfide) groups is 1. The Hall–Kier alpha value is -2.80. The highest BCUT2D eigenvalue weighted by molar-refractivity contribution is 8.18. The summed E-state index contributed by atoms with van der Waals surface area (Å²) in [7, 11) is 1.55. The van der Waals surface area contributed by atoms with Gasteiger partial charge >= 0.3 is 0 Å². The number of nitrogens with zero attached hydrogens (tertiary/aromatic N) is 1. The summed E-state index contributed by atoms with van der Waals surface area (Å²) in [5.74, 6) is 0.453. The predicted octanol–water partition coefficient (Wildman–Crippen LogP) is 5.25. The maximum absolute atomic E-state index is 13.1. The summed E-state index contributed by atoms with van der Waals surface area (Å²) in [4.78, 5) is 26.5. The highest BCUT2D eigenvalue weighted by Gasteiger charge is 2.35. The van der Waals surface area contributed by atoms with Crippen molar-refractivity contribution in [3.63, 3.8) is 0 Å². The Morgan fingerprint density at radius 2 is 1.86 bits per heavy atom. The number of imide groups is 1. The van der Waals surface area contributed by atoms with Gasteiger partial charge in [0, 0.05) is 0 Å². The number of halogens is 1. The van der Waals surface area contributed by atoms with Crippen molar-refractivity contribution < 1.29 is 23.5 Å². The fourth-order valence-electron chi connectivity index (χ4n) is 2.73. The van der Waals surface area contributed by atoms with E-state index in [0.717, 1.165) is 28.6 Å². The summed E-state index contributed by atoms with van der Waals surface area (Å²) < 4.78 is 24.3. The van der Waals surface area contributed by atoms with E-state index in [1.165, 1.54) is 12.1 Å². The molecule has 29 heavy (non-hydrogen) atoms. The van der Waals surface area contributed by atoms with Crippen LogP contribution >= 0.6 is 11.8 Å². The molecule has 0 radical (unpaired) electrons. The molecule has 0 saturated carbocycles. The number of amides is 2. The van der Waals surface area contributed by atoms with E-state index < -0.39 is 0 Å². The van der Waals surface area contributed by atoms with Crippen LogP contribution in [0.25, 0.3) is 6.08 Å². The Labute approximate surface area is 173 Å². The van der Waals surface area contributed by atoms with Gasteiger partial charge in [-0.1, -0.05) is 25.1 Å². The van der Waals surface area contributed by atoms with E-state index in [1.807, 2.05) is 19.9 Å². The molecule has 0 bridgehead atoms. The molecule has 1 heterocycles. The Morgan fingerprint density at radius 3 is 2.52 bits per heavy atom. The van der Waals surface area contributed by atoms with Gasteiger partial charge in [-0.25, -0.2) is 4.39 Å². The molecule has 152 valence electrons. The third-order valence-electron chi connectivity index (χ3n) is 4.52. The minimum Gasteiger partial charge on any atom is -0.493 e. The fourth-order valence-corrected chi connectivity index (χ4v) is 3.57. The standard InChI is InChI=1S/C22H22FNO4S/c1-4-14(2)28-18-10-7-16(11-19(18)27-3)12-20-21(25)24(22(26)29-20)13-15-5-8-17(23)9-6-15/h5-12,14H,4,13H2,1-3H3/b20-12-. The summed E-state index contributed by atoms with van der Waals surface area (Å²) in [5, 5.41) is -0.353. The van der Waals surface area contributed by atoms with Crippen molar-refractivity contribution >= 4 is 29.0 Å². The Kier molecular flexibility index (Phi) is 6.59. The van der Waals surface area contributed by atoms with Crippen LogP contribution in [-0.2, 0) is 11.3 Å². The lowest BCUT2D eigenvalue weighted by atomic mass is 10.1. The van der Waals surface area contributed by atoms with Gasteiger partial charge in [0.25, 0.3) is 11.1 Å². The van der Waals surface area contributed by atoms with Crippen LogP contribution in [0.1, 0.15) is 31.4 Å². The van der Waals surface area contributed by atoms with Crippen molar-refractivity contribution in [1.82, 2.24) is 4.90 Å². The maximum atomic E-state index is 13.1. The molecule has 1 atom stereocenters. The molecule has 2 amide bonds. The van der Waals surface area contributed by atoms with Gasteiger partial charge in [0.15, 0.2) is 11.5 Å². The first kappa shape index (κ1) is 20.9. The maximum Gasteiger partial charge on any atom is 0.293 e. The number of hydrogen-bond acceptors (Lipinski definition) is 5. The Bertz CT molecular complexity index is 942. The molecular weight excluding hydrogens is 393 g/mol. The van der Waals surface area contributed by atoms with Gasteiger partial charge in [-0.15, -0.1) is 0 Å². The normalized spacial score (nSPS) is 16.4. The van der Waals surface area contributed by atoms with Crippen molar-refractivity contribution in [2.45, 2.75) is 32.9 Å². The summed E-state index contributed by atoms with van der Waals surface area (Å²) in [5.41, 5.74) is 1.41. The minimum absolute atomic E-state index is 0.0534. The monoisotopic (exact) mass is 415 g/mol. The third-order valence-corrected chi connectivity index (χ3v) is 5.42. The number of ether oxygens (including phenoxy) is 2. The second kappa shape index (κ2) is 9.13. The second-order valence-corrected chi connectivity index (χ2v) is 7.63. The van der Waals surface area contributed by atoms with Gasteiger partial charge in [0.2, 0.25) is 0 Å². The van der Waals surface area contributed by atoms with Crippen molar-refractivity contribution in [2.24, 2.45) is 0 Å². The molecule has 0 aromatic heterocycles. The lowest BCUT2D eigenvalue weighted by Gasteiger charge is -2.15. The molecule has 1 aliphatic rings. The van der Waals surface area contributed by atoms with E-state index in [2.05, 4.69) is 0 Å². The molecule has 1 saturated heterocycles. The topological polar surface area (TPSA) is 55.8 Å². The van der Waals surface area contributed by atoms with E-state index in [4.69, 9.17) is 9.47 Å². The van der Waals surface area contributed by atoms with E-state index in [0.29, 0.717) is 22.0 Å². The lowest BCUT2D eigenvalue weighted by Crippen LogP contribution is -2.27. The van der Waals surface area contributed by atoms with Gasteiger partial charge in [-0.3, -0.25) is 14.5 Å². The SMILES string of the molecule is CCC(C)Oc1ccc(/C=C2\SC(=O)N(Cc3ccc(F)cc3)C2=O)cc1OC. The lowest BCUT2D eigenvalue weighted by molar-refractivity contribution is -0.123. The van der Waals surface area contributed by atoms with Gasteiger partial charge < -0.3 is 9.47 Å². The summed E-state index contributed by atoms with van der Waals surface area (Å²) in [6.45, 7) is 4.12. The van der Waals surface area contributed by atoms with Crippen molar-refractivity contribution in [3.05, 3.63) is 64.3 Å². The first-order valence-corrected chi connectivity index (χ1v) is 10.1. The first-order chi connectivity index (χ1) is 13.9. The Balaban J connectivity index is 1.79. The largest absolute Gasteiger partial charge is 0.493 e. The van der Waals surface area contributed by atoms with Crippen LogP contribution in [-0.4, -0.2) is 29.3 Å². The van der Waals surface area contributed by atoms with Crippen LogP contribution in [0.2, 0.25) is 0 Å². The molecule has 0 aliphatic carbocycles. The molecular formula is C22H22FNO4S. The van der Waals surface area contributed by atoms with Gasteiger partial charge in [0.1, 0.15) is 5.82 Å². The van der Waals surface area contributed by atoms with Crippen molar-refractivity contribution in [2.75, 3.05) is 7.11 Å². The average molecular weight is 415 g/mol. The van der Waals surface area contributed by atoms with Crippen LogP contribution in [0, 0.1) is 5.82 Å². The zero-order valence-corrected chi connectivity index (χ0v) is 17.3. The quantitative estimate of drug-likeness (QED) is 0.578. The van der Waals surface area contributed by atoms with Crippen LogP contribution in [0.5, 0.6) is 11.5 Å². The van der Waals surface area contributed by atoms with E-state index in [9.17, 15) is 14.0 Å². The molecule has 1 aliphatic heterocycles. The van der Waals surface area contributed by atoms with Crippen LogP contribution in [0.3, 0.4) is 0 Å². The summed E-state index contributed by atoms with van der Waals surface area (Å²) >= 11 is 0.883. The first-order valence-electron chi connectivity index (χ1n) is 9.25. The van der Waals surface area contributed by atoms with Crippen LogP contribution in [0.15, 0.2) is 47.4 Å². The number of carbonyl (C=O) groups is 2. The van der Waals surface area contributed by atoms with Gasteiger partial charge in [-0.05, 0) is 66.6 Å². The molecule has 5 nitrogen and oxygen atoms in total. The van der Waals surface area contributed by atoms with Gasteiger partial charge in [0.05, 0.1) is 24.7 Å². The molecule has 1 fully saturated rings. The average Bonchev–Trinajstić information content (AvgIpc) is 2.97. The number of methoxy groups -OCH3 is 1. The third kappa shape index (κ3) is 4.98. The zero-order chi connectivity index (χ0) is 21.0. The molecule has 3 rings (SSSR count). The smallest absolute Gasteiger partial charge is 0.293 e. The molecule has 7 heteroatoms. The zero-order valence-electron chi connectivity index (χ0n) is 16.5. The molecule has 2 aromatic rings. The molecule has 2 aromatic carbocycles. The van der Waals surface area contributed by atoms with E-state index in [1.54, 1.807) is 37.5 Å². The number of benzene rings is 2. The van der Waals surface area contributed by atoms with Crippen molar-refractivity contribution in [3.8, 4) is 11.5 Å². The highest BCUT2D eigenvalue weighted by Crippen LogP contribution is 2.35.